The zero-order valence-electron chi connectivity index (χ0n) is 11.3. The molecule has 2 aromatic rings. The first-order chi connectivity index (χ1) is 9.20. The Hall–Kier alpha value is -1.55. The number of hydrogen-bond acceptors (Lipinski definition) is 3. The minimum Gasteiger partial charge on any atom is -0.408 e. The number of rotatable bonds is 3. The first-order valence-electron chi connectivity index (χ1n) is 7.04. The van der Waals surface area contributed by atoms with Gasteiger partial charge in [0, 0.05) is 18.5 Å². The Balaban J connectivity index is 2.18. The zero-order valence-corrected chi connectivity index (χ0v) is 11.3. The van der Waals surface area contributed by atoms with Gasteiger partial charge in [0.05, 0.1) is 5.52 Å². The molecule has 1 fully saturated rings. The van der Waals surface area contributed by atoms with E-state index in [2.05, 4.69) is 12.1 Å². The average Bonchev–Trinajstić information content (AvgIpc) is 3.01. The molecular weight excluding hydrogens is 240 g/mol. The summed E-state index contributed by atoms with van der Waals surface area (Å²) in [7, 11) is 0. The topological polar surface area (TPSA) is 61.2 Å². The van der Waals surface area contributed by atoms with Crippen molar-refractivity contribution in [3.05, 3.63) is 34.3 Å². The minimum absolute atomic E-state index is 0.0973. The summed E-state index contributed by atoms with van der Waals surface area (Å²) in [6.45, 7) is 3.26. The second-order valence-electron chi connectivity index (χ2n) is 5.49. The Morgan fingerprint density at radius 1 is 1.37 bits per heavy atom. The van der Waals surface area contributed by atoms with Crippen LogP contribution in [0, 0.1) is 0 Å². The molecule has 1 aromatic heterocycles. The SMILES string of the molecule is CCn1c(=O)oc2ccc(C3(CN)CCCC3)cc21. The monoisotopic (exact) mass is 260 g/mol. The van der Waals surface area contributed by atoms with Gasteiger partial charge in [0.15, 0.2) is 5.58 Å². The van der Waals surface area contributed by atoms with Gasteiger partial charge in [0.2, 0.25) is 0 Å². The first kappa shape index (κ1) is 12.5. The van der Waals surface area contributed by atoms with E-state index >= 15 is 0 Å². The maximum atomic E-state index is 11.7. The van der Waals surface area contributed by atoms with Gasteiger partial charge < -0.3 is 10.2 Å². The molecule has 1 saturated carbocycles. The zero-order chi connectivity index (χ0) is 13.5. The van der Waals surface area contributed by atoms with Crippen LogP contribution in [0.4, 0.5) is 0 Å². The molecule has 0 aliphatic heterocycles. The van der Waals surface area contributed by atoms with Gasteiger partial charge in [-0.1, -0.05) is 18.9 Å². The summed E-state index contributed by atoms with van der Waals surface area (Å²) in [6.07, 6.45) is 4.76. The van der Waals surface area contributed by atoms with Gasteiger partial charge in [0.25, 0.3) is 0 Å². The fraction of sp³-hybridized carbons (Fsp3) is 0.533. The highest BCUT2D eigenvalue weighted by Gasteiger charge is 2.34. The fourth-order valence-electron chi connectivity index (χ4n) is 3.35. The Morgan fingerprint density at radius 3 is 2.74 bits per heavy atom. The van der Waals surface area contributed by atoms with Gasteiger partial charge >= 0.3 is 5.76 Å². The van der Waals surface area contributed by atoms with Crippen molar-refractivity contribution in [3.8, 4) is 0 Å². The number of hydrogen-bond donors (Lipinski definition) is 1. The third-order valence-corrected chi connectivity index (χ3v) is 4.55. The molecular formula is C15H20N2O2. The molecule has 0 atom stereocenters. The van der Waals surface area contributed by atoms with Crippen molar-refractivity contribution in [2.24, 2.45) is 5.73 Å². The quantitative estimate of drug-likeness (QED) is 0.921. The molecule has 1 heterocycles. The number of nitrogens with two attached hydrogens (primary N) is 1. The number of oxazole rings is 1. The summed E-state index contributed by atoms with van der Waals surface area (Å²) in [4.78, 5) is 11.7. The molecule has 102 valence electrons. The van der Waals surface area contributed by atoms with Crippen LogP contribution < -0.4 is 11.5 Å². The molecule has 0 bridgehead atoms. The lowest BCUT2D eigenvalue weighted by Gasteiger charge is -2.27. The molecule has 0 saturated heterocycles. The number of fused-ring (bicyclic) bond motifs is 1. The molecule has 2 N–H and O–H groups in total. The predicted molar refractivity (Wildman–Crippen MR) is 75.3 cm³/mol. The molecule has 3 rings (SSSR count). The summed E-state index contributed by atoms with van der Waals surface area (Å²) in [5.41, 5.74) is 8.94. The molecule has 19 heavy (non-hydrogen) atoms. The van der Waals surface area contributed by atoms with Crippen LogP contribution in [0.25, 0.3) is 11.1 Å². The van der Waals surface area contributed by atoms with Gasteiger partial charge in [-0.05, 0) is 37.5 Å². The van der Waals surface area contributed by atoms with Crippen molar-refractivity contribution in [2.45, 2.75) is 44.6 Å². The summed E-state index contributed by atoms with van der Waals surface area (Å²) in [5, 5.41) is 0. The summed E-state index contributed by atoms with van der Waals surface area (Å²) in [5.74, 6) is -0.275. The maximum absolute atomic E-state index is 11.7. The summed E-state index contributed by atoms with van der Waals surface area (Å²) >= 11 is 0. The molecule has 1 aliphatic rings. The van der Waals surface area contributed by atoms with E-state index in [1.54, 1.807) is 4.57 Å². The second-order valence-corrected chi connectivity index (χ2v) is 5.49. The highest BCUT2D eigenvalue weighted by molar-refractivity contribution is 5.74. The van der Waals surface area contributed by atoms with Gasteiger partial charge in [-0.2, -0.15) is 0 Å². The fourth-order valence-corrected chi connectivity index (χ4v) is 3.35. The number of benzene rings is 1. The molecule has 1 aliphatic carbocycles. The first-order valence-corrected chi connectivity index (χ1v) is 7.04. The van der Waals surface area contributed by atoms with E-state index in [1.165, 1.54) is 18.4 Å². The van der Waals surface area contributed by atoms with Crippen LogP contribution >= 0.6 is 0 Å². The van der Waals surface area contributed by atoms with E-state index in [1.807, 2.05) is 13.0 Å². The van der Waals surface area contributed by atoms with Crippen LogP contribution in [-0.2, 0) is 12.0 Å². The standard InChI is InChI=1S/C15H20N2O2/c1-2-17-12-9-11(5-6-13(12)19-14(17)18)15(10-16)7-3-4-8-15/h5-6,9H,2-4,7-8,10,16H2,1H3. The van der Waals surface area contributed by atoms with Gasteiger partial charge in [-0.3, -0.25) is 4.57 Å². The van der Waals surface area contributed by atoms with Gasteiger partial charge in [0.1, 0.15) is 0 Å². The van der Waals surface area contributed by atoms with E-state index in [0.29, 0.717) is 18.7 Å². The molecule has 0 amide bonds. The largest absolute Gasteiger partial charge is 0.419 e. The molecule has 1 aromatic carbocycles. The van der Waals surface area contributed by atoms with Crippen molar-refractivity contribution in [3.63, 3.8) is 0 Å². The predicted octanol–water partition coefficient (Wildman–Crippen LogP) is 2.38. The van der Waals surface area contributed by atoms with Crippen molar-refractivity contribution >= 4 is 11.1 Å². The molecule has 4 nitrogen and oxygen atoms in total. The third kappa shape index (κ3) is 1.82. The van der Waals surface area contributed by atoms with E-state index < -0.39 is 0 Å². The van der Waals surface area contributed by atoms with Crippen LogP contribution in [0.15, 0.2) is 27.4 Å². The van der Waals surface area contributed by atoms with Crippen LogP contribution in [-0.4, -0.2) is 11.1 Å². The van der Waals surface area contributed by atoms with E-state index in [4.69, 9.17) is 10.2 Å². The average molecular weight is 260 g/mol. The highest BCUT2D eigenvalue weighted by Crippen LogP contribution is 2.40. The summed E-state index contributed by atoms with van der Waals surface area (Å²) in [6, 6.07) is 6.08. The van der Waals surface area contributed by atoms with Crippen molar-refractivity contribution in [1.29, 1.82) is 0 Å². The van der Waals surface area contributed by atoms with Crippen LogP contribution in [0.2, 0.25) is 0 Å². The number of aromatic nitrogens is 1. The van der Waals surface area contributed by atoms with E-state index in [0.717, 1.165) is 18.4 Å². The Kier molecular flexibility index (Phi) is 2.97. The summed E-state index contributed by atoms with van der Waals surface area (Å²) < 4.78 is 6.93. The maximum Gasteiger partial charge on any atom is 0.419 e. The van der Waals surface area contributed by atoms with Gasteiger partial charge in [-0.15, -0.1) is 0 Å². The van der Waals surface area contributed by atoms with E-state index in [-0.39, 0.29) is 11.2 Å². The smallest absolute Gasteiger partial charge is 0.408 e. The van der Waals surface area contributed by atoms with E-state index in [9.17, 15) is 4.79 Å². The van der Waals surface area contributed by atoms with Crippen molar-refractivity contribution in [2.75, 3.05) is 6.54 Å². The lowest BCUT2D eigenvalue weighted by molar-refractivity contribution is 0.453. The lowest BCUT2D eigenvalue weighted by Crippen LogP contribution is -2.32. The molecule has 0 radical (unpaired) electrons. The highest BCUT2D eigenvalue weighted by atomic mass is 16.4. The number of nitrogens with zero attached hydrogens (tertiary/aromatic N) is 1. The number of aryl methyl sites for hydroxylation is 1. The Morgan fingerprint density at radius 2 is 2.11 bits per heavy atom. The van der Waals surface area contributed by atoms with Crippen LogP contribution in [0.1, 0.15) is 38.2 Å². The Labute approximate surface area is 112 Å². The Bertz CT molecular complexity index is 648. The molecule has 0 unspecified atom stereocenters. The molecule has 4 heteroatoms. The van der Waals surface area contributed by atoms with Crippen LogP contribution in [0.5, 0.6) is 0 Å². The normalized spacial score (nSPS) is 18.2. The minimum atomic E-state index is -0.275. The lowest BCUT2D eigenvalue weighted by atomic mass is 9.79. The molecule has 0 spiro atoms. The van der Waals surface area contributed by atoms with Crippen LogP contribution in [0.3, 0.4) is 0 Å². The van der Waals surface area contributed by atoms with Crippen molar-refractivity contribution in [1.82, 2.24) is 4.57 Å². The third-order valence-electron chi connectivity index (χ3n) is 4.55. The van der Waals surface area contributed by atoms with Gasteiger partial charge in [-0.25, -0.2) is 4.79 Å². The second kappa shape index (κ2) is 4.53. The van der Waals surface area contributed by atoms with Crippen molar-refractivity contribution < 1.29 is 4.42 Å².